The van der Waals surface area contributed by atoms with Gasteiger partial charge in [0.25, 0.3) is 5.91 Å². The maximum atomic E-state index is 12.2. The molecule has 112 valence electrons. The van der Waals surface area contributed by atoms with Crippen LogP contribution in [0.1, 0.15) is 15.4 Å². The van der Waals surface area contributed by atoms with Crippen LogP contribution in [-0.4, -0.2) is 37.0 Å². The summed E-state index contributed by atoms with van der Waals surface area (Å²) in [5.74, 6) is 0.408. The zero-order valence-electron chi connectivity index (χ0n) is 11.9. The molecule has 8 heteroatoms. The molecule has 3 rings (SSSR count). The molecule has 0 spiro atoms. The van der Waals surface area contributed by atoms with Gasteiger partial charge in [-0.2, -0.15) is 0 Å². The van der Waals surface area contributed by atoms with Crippen LogP contribution >= 0.6 is 11.3 Å². The van der Waals surface area contributed by atoms with Crippen LogP contribution in [0.3, 0.4) is 0 Å². The van der Waals surface area contributed by atoms with Gasteiger partial charge in [-0.1, -0.05) is 0 Å². The zero-order chi connectivity index (χ0) is 15.4. The first-order valence-corrected chi connectivity index (χ1v) is 7.54. The third-order valence-corrected chi connectivity index (χ3v) is 4.13. The molecule has 3 heterocycles. The molecule has 0 aliphatic carbocycles. The van der Waals surface area contributed by atoms with Crippen LogP contribution in [-0.2, 0) is 6.54 Å². The topological polar surface area (TPSA) is 85.6 Å². The van der Waals surface area contributed by atoms with Gasteiger partial charge in [0.05, 0.1) is 12.0 Å². The maximum Gasteiger partial charge on any atom is 0.263 e. The molecule has 7 nitrogen and oxygen atoms in total. The largest absolute Gasteiger partial charge is 0.349 e. The van der Waals surface area contributed by atoms with Gasteiger partial charge in [0.1, 0.15) is 4.88 Å². The molecule has 0 radical (unpaired) electrons. The number of nitrogens with zero attached hydrogens (tertiary/aromatic N) is 5. The van der Waals surface area contributed by atoms with E-state index in [0.29, 0.717) is 34.5 Å². The van der Waals surface area contributed by atoms with Crippen molar-refractivity contribution in [2.75, 3.05) is 6.54 Å². The van der Waals surface area contributed by atoms with Crippen molar-refractivity contribution < 1.29 is 4.79 Å². The monoisotopic (exact) mass is 314 g/mol. The first-order valence-electron chi connectivity index (χ1n) is 6.73. The van der Waals surface area contributed by atoms with Crippen molar-refractivity contribution in [2.24, 2.45) is 0 Å². The third kappa shape index (κ3) is 3.17. The fourth-order valence-electron chi connectivity index (χ4n) is 1.91. The number of rotatable bonds is 5. The van der Waals surface area contributed by atoms with E-state index in [4.69, 9.17) is 0 Å². The van der Waals surface area contributed by atoms with Crippen molar-refractivity contribution >= 4 is 17.2 Å². The fraction of sp³-hybridized carbons (Fsp3) is 0.214. The summed E-state index contributed by atoms with van der Waals surface area (Å²) in [5, 5.41) is 3.54. The van der Waals surface area contributed by atoms with Gasteiger partial charge in [0.15, 0.2) is 10.8 Å². The van der Waals surface area contributed by atoms with E-state index in [0.717, 1.165) is 0 Å². The van der Waals surface area contributed by atoms with Crippen molar-refractivity contribution in [3.05, 3.63) is 47.8 Å². The molecule has 0 atom stereocenters. The van der Waals surface area contributed by atoms with E-state index in [9.17, 15) is 4.79 Å². The third-order valence-electron chi connectivity index (χ3n) is 2.97. The first-order chi connectivity index (χ1) is 10.7. The Balaban J connectivity index is 1.66. The minimum absolute atomic E-state index is 0.128. The molecule has 0 aromatic carbocycles. The summed E-state index contributed by atoms with van der Waals surface area (Å²) in [6, 6.07) is 1.74. The van der Waals surface area contributed by atoms with E-state index in [-0.39, 0.29) is 5.91 Å². The summed E-state index contributed by atoms with van der Waals surface area (Å²) < 4.78 is 1.91. The van der Waals surface area contributed by atoms with Crippen LogP contribution in [0, 0.1) is 6.92 Å². The summed E-state index contributed by atoms with van der Waals surface area (Å²) in [6.07, 6.45) is 8.60. The van der Waals surface area contributed by atoms with E-state index in [1.54, 1.807) is 31.0 Å². The molecule has 1 amide bonds. The standard InChI is InChI=1S/C14H14N6OS/c1-10-11(13(21)18-6-8-20-7-5-15-9-20)22-14(19-10)12-16-3-2-4-17-12/h2-5,7,9H,6,8H2,1H3,(H,18,21). The highest BCUT2D eigenvalue weighted by molar-refractivity contribution is 7.17. The molecular formula is C14H14N6OS. The fourth-order valence-corrected chi connectivity index (χ4v) is 2.84. The second kappa shape index (κ2) is 6.44. The molecule has 0 aliphatic heterocycles. The molecule has 0 saturated carbocycles. The number of thiazole rings is 1. The average molecular weight is 314 g/mol. The van der Waals surface area contributed by atoms with E-state index < -0.39 is 0 Å². The second-order valence-electron chi connectivity index (χ2n) is 4.56. The smallest absolute Gasteiger partial charge is 0.263 e. The van der Waals surface area contributed by atoms with Gasteiger partial charge in [-0.05, 0) is 13.0 Å². The van der Waals surface area contributed by atoms with Crippen molar-refractivity contribution in [3.8, 4) is 10.8 Å². The quantitative estimate of drug-likeness (QED) is 0.772. The van der Waals surface area contributed by atoms with Crippen LogP contribution in [0.15, 0.2) is 37.2 Å². The first kappa shape index (κ1) is 14.3. The molecular weight excluding hydrogens is 300 g/mol. The molecule has 0 saturated heterocycles. The van der Waals surface area contributed by atoms with E-state index in [1.807, 2.05) is 17.7 Å². The maximum absolute atomic E-state index is 12.2. The molecule has 0 fully saturated rings. The highest BCUT2D eigenvalue weighted by atomic mass is 32.1. The number of carbonyl (C=O) groups is 1. The number of carbonyl (C=O) groups excluding carboxylic acids is 1. The van der Waals surface area contributed by atoms with Gasteiger partial charge < -0.3 is 9.88 Å². The lowest BCUT2D eigenvalue weighted by Gasteiger charge is -2.04. The molecule has 3 aromatic rings. The zero-order valence-corrected chi connectivity index (χ0v) is 12.7. The Morgan fingerprint density at radius 3 is 2.86 bits per heavy atom. The molecule has 1 N–H and O–H groups in total. The minimum atomic E-state index is -0.128. The van der Waals surface area contributed by atoms with E-state index >= 15 is 0 Å². The van der Waals surface area contributed by atoms with Gasteiger partial charge in [0, 0.05) is 37.9 Å². The number of imidazole rings is 1. The Labute approximate surface area is 131 Å². The van der Waals surface area contributed by atoms with Crippen LogP contribution in [0.25, 0.3) is 10.8 Å². The lowest BCUT2D eigenvalue weighted by atomic mass is 10.3. The van der Waals surface area contributed by atoms with Gasteiger partial charge in [0.2, 0.25) is 0 Å². The Morgan fingerprint density at radius 1 is 1.32 bits per heavy atom. The lowest BCUT2D eigenvalue weighted by Crippen LogP contribution is -2.26. The van der Waals surface area contributed by atoms with Crippen LogP contribution in [0.5, 0.6) is 0 Å². The molecule has 22 heavy (non-hydrogen) atoms. The van der Waals surface area contributed by atoms with E-state index in [1.165, 1.54) is 11.3 Å². The molecule has 0 unspecified atom stereocenters. The Morgan fingerprint density at radius 2 is 2.14 bits per heavy atom. The van der Waals surface area contributed by atoms with Crippen LogP contribution in [0.2, 0.25) is 0 Å². The summed E-state index contributed by atoms with van der Waals surface area (Å²) in [6.45, 7) is 3.02. The Bertz CT molecular complexity index is 753. The summed E-state index contributed by atoms with van der Waals surface area (Å²) in [7, 11) is 0. The summed E-state index contributed by atoms with van der Waals surface area (Å²) in [5.41, 5.74) is 0.688. The average Bonchev–Trinajstić information content (AvgIpc) is 3.17. The van der Waals surface area contributed by atoms with Gasteiger partial charge in [-0.3, -0.25) is 4.79 Å². The van der Waals surface area contributed by atoms with Crippen molar-refractivity contribution in [2.45, 2.75) is 13.5 Å². The van der Waals surface area contributed by atoms with Crippen LogP contribution < -0.4 is 5.32 Å². The lowest BCUT2D eigenvalue weighted by molar-refractivity contribution is 0.0955. The highest BCUT2D eigenvalue weighted by Gasteiger charge is 2.16. The predicted molar refractivity (Wildman–Crippen MR) is 82.4 cm³/mol. The van der Waals surface area contributed by atoms with Gasteiger partial charge >= 0.3 is 0 Å². The normalized spacial score (nSPS) is 10.6. The van der Waals surface area contributed by atoms with Crippen molar-refractivity contribution in [1.29, 1.82) is 0 Å². The van der Waals surface area contributed by atoms with Crippen molar-refractivity contribution in [1.82, 2.24) is 29.8 Å². The van der Waals surface area contributed by atoms with Crippen LogP contribution in [0.4, 0.5) is 0 Å². The number of aromatic nitrogens is 5. The molecule has 3 aromatic heterocycles. The SMILES string of the molecule is Cc1nc(-c2ncccn2)sc1C(=O)NCCn1ccnc1. The Kier molecular flexibility index (Phi) is 4.19. The Hall–Kier alpha value is -2.61. The number of aryl methyl sites for hydroxylation is 1. The number of hydrogen-bond acceptors (Lipinski definition) is 6. The highest BCUT2D eigenvalue weighted by Crippen LogP contribution is 2.24. The predicted octanol–water partition coefficient (Wildman–Crippen LogP) is 1.54. The second-order valence-corrected chi connectivity index (χ2v) is 5.56. The summed E-state index contributed by atoms with van der Waals surface area (Å²) >= 11 is 1.30. The molecule has 0 bridgehead atoms. The van der Waals surface area contributed by atoms with Crippen molar-refractivity contribution in [3.63, 3.8) is 0 Å². The minimum Gasteiger partial charge on any atom is -0.349 e. The number of hydrogen-bond donors (Lipinski definition) is 1. The van der Waals surface area contributed by atoms with Gasteiger partial charge in [-0.15, -0.1) is 11.3 Å². The molecule has 0 aliphatic rings. The summed E-state index contributed by atoms with van der Waals surface area (Å²) in [4.78, 5) is 29.5. The van der Waals surface area contributed by atoms with E-state index in [2.05, 4.69) is 25.3 Å². The van der Waals surface area contributed by atoms with Gasteiger partial charge in [-0.25, -0.2) is 19.9 Å². The number of amides is 1. The number of nitrogens with one attached hydrogen (secondary N) is 1.